The van der Waals surface area contributed by atoms with Crippen molar-refractivity contribution >= 4 is 0 Å². The Bertz CT molecular complexity index is 372. The molecule has 1 aliphatic carbocycles. The molecule has 1 aliphatic rings. The third-order valence-electron chi connectivity index (χ3n) is 3.08. The number of aliphatic hydroxyl groups is 1. The molecule has 0 saturated heterocycles. The van der Waals surface area contributed by atoms with E-state index in [1.165, 1.54) is 12.8 Å². The van der Waals surface area contributed by atoms with Gasteiger partial charge in [-0.25, -0.2) is 0 Å². The molecule has 0 aromatic heterocycles. The number of nitrogens with one attached hydrogen (secondary N) is 1. The van der Waals surface area contributed by atoms with E-state index in [9.17, 15) is 5.11 Å². The Hall–Kier alpha value is -1.06. The molecule has 1 aromatic carbocycles. The predicted molar refractivity (Wildman–Crippen MR) is 68.2 cm³/mol. The highest BCUT2D eigenvalue weighted by atomic mass is 16.5. The van der Waals surface area contributed by atoms with Crippen LogP contribution in [-0.2, 0) is 5.60 Å². The van der Waals surface area contributed by atoms with Gasteiger partial charge in [-0.05, 0) is 44.4 Å². The van der Waals surface area contributed by atoms with Gasteiger partial charge >= 0.3 is 0 Å². The topological polar surface area (TPSA) is 41.5 Å². The van der Waals surface area contributed by atoms with Crippen LogP contribution in [0.15, 0.2) is 24.3 Å². The second-order valence-corrected chi connectivity index (χ2v) is 4.89. The molecule has 1 aromatic rings. The molecule has 0 amide bonds. The van der Waals surface area contributed by atoms with Crippen LogP contribution in [0.2, 0.25) is 0 Å². The zero-order valence-corrected chi connectivity index (χ0v) is 10.6. The molecule has 17 heavy (non-hydrogen) atoms. The van der Waals surface area contributed by atoms with Gasteiger partial charge in [-0.3, -0.25) is 0 Å². The average molecular weight is 235 g/mol. The highest BCUT2D eigenvalue weighted by Gasteiger charge is 2.28. The van der Waals surface area contributed by atoms with Crippen LogP contribution in [0.4, 0.5) is 0 Å². The number of hydrogen-bond donors (Lipinski definition) is 2. The SMILES string of the molecule is CCOc1cccc(C(C)(O)CNC2CC2)c1. The molecule has 1 fully saturated rings. The summed E-state index contributed by atoms with van der Waals surface area (Å²) in [5.41, 5.74) is 0.0620. The summed E-state index contributed by atoms with van der Waals surface area (Å²) in [7, 11) is 0. The molecule has 0 bridgehead atoms. The van der Waals surface area contributed by atoms with Gasteiger partial charge in [-0.2, -0.15) is 0 Å². The Morgan fingerprint density at radius 2 is 2.24 bits per heavy atom. The van der Waals surface area contributed by atoms with Gasteiger partial charge in [-0.15, -0.1) is 0 Å². The molecule has 0 spiro atoms. The summed E-state index contributed by atoms with van der Waals surface area (Å²) in [4.78, 5) is 0. The minimum Gasteiger partial charge on any atom is -0.494 e. The molecule has 2 N–H and O–H groups in total. The molecule has 0 aliphatic heterocycles. The number of rotatable bonds is 6. The van der Waals surface area contributed by atoms with E-state index in [4.69, 9.17) is 4.74 Å². The summed E-state index contributed by atoms with van der Waals surface area (Å²) in [6.07, 6.45) is 2.46. The van der Waals surface area contributed by atoms with Crippen molar-refractivity contribution in [3.63, 3.8) is 0 Å². The van der Waals surface area contributed by atoms with Crippen molar-refractivity contribution < 1.29 is 9.84 Å². The van der Waals surface area contributed by atoms with Crippen molar-refractivity contribution in [2.24, 2.45) is 0 Å². The summed E-state index contributed by atoms with van der Waals surface area (Å²) < 4.78 is 5.45. The summed E-state index contributed by atoms with van der Waals surface area (Å²) in [6, 6.07) is 8.30. The maximum absolute atomic E-state index is 10.4. The fraction of sp³-hybridized carbons (Fsp3) is 0.571. The van der Waals surface area contributed by atoms with E-state index >= 15 is 0 Å². The lowest BCUT2D eigenvalue weighted by Gasteiger charge is -2.25. The van der Waals surface area contributed by atoms with Crippen LogP contribution in [0.3, 0.4) is 0 Å². The van der Waals surface area contributed by atoms with E-state index in [1.807, 2.05) is 38.1 Å². The van der Waals surface area contributed by atoms with Gasteiger partial charge in [-0.1, -0.05) is 12.1 Å². The fourth-order valence-corrected chi connectivity index (χ4v) is 1.82. The number of hydrogen-bond acceptors (Lipinski definition) is 3. The molecular weight excluding hydrogens is 214 g/mol. The van der Waals surface area contributed by atoms with Crippen LogP contribution in [0.25, 0.3) is 0 Å². The first-order valence-electron chi connectivity index (χ1n) is 6.31. The van der Waals surface area contributed by atoms with Crippen LogP contribution in [-0.4, -0.2) is 24.3 Å². The van der Waals surface area contributed by atoms with Gasteiger partial charge < -0.3 is 15.2 Å². The molecule has 3 nitrogen and oxygen atoms in total. The van der Waals surface area contributed by atoms with Crippen molar-refractivity contribution in [3.05, 3.63) is 29.8 Å². The summed E-state index contributed by atoms with van der Waals surface area (Å²) >= 11 is 0. The lowest BCUT2D eigenvalue weighted by atomic mass is 9.96. The molecule has 0 radical (unpaired) electrons. The Kier molecular flexibility index (Phi) is 3.69. The van der Waals surface area contributed by atoms with Gasteiger partial charge in [0, 0.05) is 12.6 Å². The Morgan fingerprint density at radius 3 is 2.88 bits per heavy atom. The van der Waals surface area contributed by atoms with Crippen LogP contribution in [0.1, 0.15) is 32.3 Å². The Labute approximate surface area is 103 Å². The van der Waals surface area contributed by atoms with Crippen molar-refractivity contribution in [3.8, 4) is 5.75 Å². The van der Waals surface area contributed by atoms with E-state index in [0.29, 0.717) is 19.2 Å². The molecule has 2 rings (SSSR count). The molecule has 1 atom stereocenters. The van der Waals surface area contributed by atoms with E-state index in [0.717, 1.165) is 11.3 Å². The molecule has 3 heteroatoms. The maximum atomic E-state index is 10.4. The molecular formula is C14H21NO2. The molecule has 1 unspecified atom stereocenters. The van der Waals surface area contributed by atoms with E-state index in [2.05, 4.69) is 5.32 Å². The van der Waals surface area contributed by atoms with E-state index in [1.54, 1.807) is 0 Å². The van der Waals surface area contributed by atoms with Gasteiger partial charge in [0.1, 0.15) is 5.75 Å². The van der Waals surface area contributed by atoms with Crippen molar-refractivity contribution in [1.29, 1.82) is 0 Å². The monoisotopic (exact) mass is 235 g/mol. The second-order valence-electron chi connectivity index (χ2n) is 4.89. The smallest absolute Gasteiger partial charge is 0.119 e. The standard InChI is InChI=1S/C14H21NO2/c1-3-17-13-6-4-5-11(9-13)14(2,16)10-15-12-7-8-12/h4-6,9,12,15-16H,3,7-8,10H2,1-2H3. The first-order chi connectivity index (χ1) is 8.12. The van der Waals surface area contributed by atoms with Gasteiger partial charge in [0.2, 0.25) is 0 Å². The molecule has 0 heterocycles. The van der Waals surface area contributed by atoms with Crippen molar-refractivity contribution in [2.45, 2.75) is 38.3 Å². The normalized spacial score (nSPS) is 18.8. The summed E-state index contributed by atoms with van der Waals surface area (Å²) in [6.45, 7) is 5.03. The Balaban J connectivity index is 2.04. The minimum absolute atomic E-state index is 0.591. The fourth-order valence-electron chi connectivity index (χ4n) is 1.82. The first kappa shape index (κ1) is 12.4. The highest BCUT2D eigenvalue weighted by Crippen LogP contribution is 2.26. The highest BCUT2D eigenvalue weighted by molar-refractivity contribution is 5.32. The number of ether oxygens (including phenoxy) is 1. The zero-order valence-electron chi connectivity index (χ0n) is 10.6. The van der Waals surface area contributed by atoms with Gasteiger partial charge in [0.05, 0.1) is 12.2 Å². The predicted octanol–water partition coefficient (Wildman–Crippen LogP) is 2.04. The summed E-state index contributed by atoms with van der Waals surface area (Å²) in [5, 5.41) is 13.8. The van der Waals surface area contributed by atoms with E-state index < -0.39 is 5.60 Å². The lowest BCUT2D eigenvalue weighted by molar-refractivity contribution is 0.0563. The quantitative estimate of drug-likeness (QED) is 0.793. The summed E-state index contributed by atoms with van der Waals surface area (Å²) in [5.74, 6) is 0.816. The largest absolute Gasteiger partial charge is 0.494 e. The van der Waals surface area contributed by atoms with Crippen LogP contribution in [0, 0.1) is 0 Å². The molecule has 1 saturated carbocycles. The van der Waals surface area contributed by atoms with Crippen LogP contribution >= 0.6 is 0 Å². The zero-order chi connectivity index (χ0) is 12.3. The lowest BCUT2D eigenvalue weighted by Crippen LogP contribution is -2.36. The third-order valence-corrected chi connectivity index (χ3v) is 3.08. The first-order valence-corrected chi connectivity index (χ1v) is 6.31. The maximum Gasteiger partial charge on any atom is 0.119 e. The van der Waals surface area contributed by atoms with Gasteiger partial charge in [0.15, 0.2) is 0 Å². The van der Waals surface area contributed by atoms with Gasteiger partial charge in [0.25, 0.3) is 0 Å². The average Bonchev–Trinajstić information content (AvgIpc) is 3.11. The second kappa shape index (κ2) is 5.07. The van der Waals surface area contributed by atoms with Crippen LogP contribution in [0.5, 0.6) is 5.75 Å². The van der Waals surface area contributed by atoms with Crippen LogP contribution < -0.4 is 10.1 Å². The minimum atomic E-state index is -0.838. The van der Waals surface area contributed by atoms with E-state index in [-0.39, 0.29) is 0 Å². The third kappa shape index (κ3) is 3.45. The molecule has 94 valence electrons. The Morgan fingerprint density at radius 1 is 1.47 bits per heavy atom. The van der Waals surface area contributed by atoms with Crippen molar-refractivity contribution in [1.82, 2.24) is 5.32 Å². The number of benzene rings is 1. The van der Waals surface area contributed by atoms with Crippen molar-refractivity contribution in [2.75, 3.05) is 13.2 Å².